The first-order chi connectivity index (χ1) is 9.81. The van der Waals surface area contributed by atoms with Gasteiger partial charge in [-0.1, -0.05) is 24.3 Å². The second-order valence-electron chi connectivity index (χ2n) is 4.26. The monoisotopic (exact) mass is 297 g/mol. The number of amides is 1. The number of hydrogen-bond acceptors (Lipinski definition) is 5. The fourth-order valence-corrected chi connectivity index (χ4v) is 1.37. The van der Waals surface area contributed by atoms with E-state index in [9.17, 15) is 19.5 Å². The lowest BCUT2D eigenvalue weighted by molar-refractivity contribution is -0.147. The molecule has 1 unspecified atom stereocenters. The van der Waals surface area contributed by atoms with Gasteiger partial charge in [-0.15, -0.1) is 0 Å². The Bertz CT molecular complexity index is 526. The molecule has 0 aliphatic heterocycles. The topological polar surface area (TPSA) is 133 Å². The lowest BCUT2D eigenvalue weighted by atomic mass is 10.1. The number of ether oxygens (including phenoxy) is 1. The molecule has 4 N–H and O–H groups in total. The Hall–Kier alpha value is -2.61. The molecule has 1 aromatic carbocycles. The van der Waals surface area contributed by atoms with Gasteiger partial charge in [0.15, 0.2) is 6.10 Å². The number of aliphatic hydroxyl groups excluding tert-OH is 1. The van der Waals surface area contributed by atoms with Crippen LogP contribution in [0.3, 0.4) is 0 Å². The molecule has 0 aliphatic rings. The third-order valence-corrected chi connectivity index (χ3v) is 2.60. The number of aliphatic hydroxyl groups is 1. The van der Waals surface area contributed by atoms with Crippen LogP contribution in [0.1, 0.15) is 24.2 Å². The van der Waals surface area contributed by atoms with Crippen LogP contribution >= 0.6 is 0 Å². The Labute approximate surface area is 120 Å². The third kappa shape index (κ3) is 5.11. The number of nitrogens with one attached hydrogen (secondary N) is 1. The molecule has 0 saturated heterocycles. The summed E-state index contributed by atoms with van der Waals surface area (Å²) >= 11 is 0. The fraction of sp³-hybridized carbons (Fsp3) is 0.308. The van der Waals surface area contributed by atoms with E-state index in [2.05, 4.69) is 5.32 Å². The van der Waals surface area contributed by atoms with Crippen LogP contribution in [-0.4, -0.2) is 39.4 Å². The van der Waals surface area contributed by atoms with E-state index in [0.29, 0.717) is 5.56 Å². The Balaban J connectivity index is 2.51. The van der Waals surface area contributed by atoms with Crippen molar-refractivity contribution in [3.63, 3.8) is 0 Å². The zero-order valence-corrected chi connectivity index (χ0v) is 11.1. The van der Waals surface area contributed by atoms with Gasteiger partial charge in [0.25, 0.3) is 0 Å². The number of carbonyl (C=O) groups excluding carboxylic acids is 1. The predicted molar refractivity (Wildman–Crippen MR) is 69.5 cm³/mol. The van der Waals surface area contributed by atoms with Gasteiger partial charge in [0.05, 0.1) is 0 Å². The van der Waals surface area contributed by atoms with Gasteiger partial charge in [-0.2, -0.15) is 0 Å². The molecule has 0 fully saturated rings. The highest BCUT2D eigenvalue weighted by atomic mass is 16.5. The molecule has 0 heterocycles. The Morgan fingerprint density at radius 2 is 1.71 bits per heavy atom. The molecular formula is C13H15NO7. The second kappa shape index (κ2) is 7.25. The second-order valence-corrected chi connectivity index (χ2v) is 4.26. The minimum Gasteiger partial charge on any atom is -0.480 e. The summed E-state index contributed by atoms with van der Waals surface area (Å²) in [5.74, 6) is -2.54. The van der Waals surface area contributed by atoms with Crippen LogP contribution in [-0.2, 0) is 20.9 Å². The van der Waals surface area contributed by atoms with Gasteiger partial charge in [-0.05, 0) is 18.1 Å². The highest BCUT2D eigenvalue weighted by Gasteiger charge is 2.16. The standard InChI is InChI=1S/C13H15NO7/c1-7(11(16)17)14-13(20)21-6-8-2-4-9(5-3-8)10(15)12(18)19/h2-5,7,10,15H,6H2,1H3,(H,14,20)(H,16,17)(H,18,19)/t7-,10?/m0/s1. The third-order valence-electron chi connectivity index (χ3n) is 2.60. The maximum Gasteiger partial charge on any atom is 0.408 e. The van der Waals surface area contributed by atoms with Gasteiger partial charge in [-0.25, -0.2) is 9.59 Å². The van der Waals surface area contributed by atoms with E-state index in [1.807, 2.05) is 0 Å². The molecule has 21 heavy (non-hydrogen) atoms. The van der Waals surface area contributed by atoms with Crippen molar-refractivity contribution in [1.82, 2.24) is 5.32 Å². The normalized spacial score (nSPS) is 13.0. The average molecular weight is 297 g/mol. The summed E-state index contributed by atoms with van der Waals surface area (Å²) in [6, 6.07) is 4.72. The fourth-order valence-electron chi connectivity index (χ4n) is 1.37. The van der Waals surface area contributed by atoms with Crippen LogP contribution in [0.5, 0.6) is 0 Å². The van der Waals surface area contributed by atoms with E-state index in [1.165, 1.54) is 31.2 Å². The van der Waals surface area contributed by atoms with Crippen LogP contribution in [0.25, 0.3) is 0 Å². The molecule has 0 saturated carbocycles. The molecular weight excluding hydrogens is 282 g/mol. The SMILES string of the molecule is C[C@H](NC(=O)OCc1ccc(C(O)C(=O)O)cc1)C(=O)O. The smallest absolute Gasteiger partial charge is 0.408 e. The zero-order chi connectivity index (χ0) is 16.0. The highest BCUT2D eigenvalue weighted by molar-refractivity contribution is 5.79. The van der Waals surface area contributed by atoms with Crippen molar-refractivity contribution in [1.29, 1.82) is 0 Å². The maximum absolute atomic E-state index is 11.3. The molecule has 2 atom stereocenters. The van der Waals surface area contributed by atoms with Crippen molar-refractivity contribution in [3.05, 3.63) is 35.4 Å². The summed E-state index contributed by atoms with van der Waals surface area (Å²) in [7, 11) is 0. The van der Waals surface area contributed by atoms with Crippen molar-refractivity contribution in [2.45, 2.75) is 25.7 Å². The first-order valence-electron chi connectivity index (χ1n) is 5.97. The largest absolute Gasteiger partial charge is 0.480 e. The summed E-state index contributed by atoms with van der Waals surface area (Å²) in [4.78, 5) is 32.4. The van der Waals surface area contributed by atoms with Gasteiger partial charge >= 0.3 is 18.0 Å². The molecule has 1 amide bonds. The lowest BCUT2D eigenvalue weighted by Gasteiger charge is -2.10. The molecule has 114 valence electrons. The van der Waals surface area contributed by atoms with E-state index >= 15 is 0 Å². The quantitative estimate of drug-likeness (QED) is 0.601. The van der Waals surface area contributed by atoms with Gasteiger partial charge in [0.2, 0.25) is 0 Å². The number of carbonyl (C=O) groups is 3. The summed E-state index contributed by atoms with van der Waals surface area (Å²) in [5, 5.41) is 28.7. The average Bonchev–Trinajstić information content (AvgIpc) is 2.44. The van der Waals surface area contributed by atoms with E-state index in [-0.39, 0.29) is 12.2 Å². The molecule has 0 aliphatic carbocycles. The van der Waals surface area contributed by atoms with Gasteiger partial charge in [-0.3, -0.25) is 4.79 Å². The first kappa shape index (κ1) is 16.4. The van der Waals surface area contributed by atoms with Crippen molar-refractivity contribution < 1.29 is 34.4 Å². The van der Waals surface area contributed by atoms with E-state index in [0.717, 1.165) is 0 Å². The summed E-state index contributed by atoms with van der Waals surface area (Å²) in [6.07, 6.45) is -2.49. The highest BCUT2D eigenvalue weighted by Crippen LogP contribution is 2.14. The minimum absolute atomic E-state index is 0.110. The number of carboxylic acid groups (broad SMARTS) is 2. The molecule has 0 aromatic heterocycles. The van der Waals surface area contributed by atoms with Crippen LogP contribution < -0.4 is 5.32 Å². The van der Waals surface area contributed by atoms with Gasteiger partial charge in [0, 0.05) is 0 Å². The number of alkyl carbamates (subject to hydrolysis) is 1. The Kier molecular flexibility index (Phi) is 5.67. The Morgan fingerprint density at radius 3 is 2.19 bits per heavy atom. The Morgan fingerprint density at radius 1 is 1.14 bits per heavy atom. The molecule has 0 radical (unpaired) electrons. The molecule has 1 rings (SSSR count). The minimum atomic E-state index is -1.61. The maximum atomic E-state index is 11.3. The lowest BCUT2D eigenvalue weighted by Crippen LogP contribution is -2.38. The van der Waals surface area contributed by atoms with Crippen LogP contribution in [0.15, 0.2) is 24.3 Å². The van der Waals surface area contributed by atoms with Crippen molar-refractivity contribution in [3.8, 4) is 0 Å². The predicted octanol–water partition coefficient (Wildman–Crippen LogP) is 0.504. The van der Waals surface area contributed by atoms with E-state index < -0.39 is 30.2 Å². The zero-order valence-electron chi connectivity index (χ0n) is 11.1. The number of benzene rings is 1. The van der Waals surface area contributed by atoms with Crippen LogP contribution in [0.2, 0.25) is 0 Å². The molecule has 0 bridgehead atoms. The van der Waals surface area contributed by atoms with Crippen molar-refractivity contribution >= 4 is 18.0 Å². The van der Waals surface area contributed by atoms with E-state index in [4.69, 9.17) is 14.9 Å². The van der Waals surface area contributed by atoms with Crippen LogP contribution in [0.4, 0.5) is 4.79 Å². The molecule has 8 nitrogen and oxygen atoms in total. The van der Waals surface area contributed by atoms with E-state index in [1.54, 1.807) is 0 Å². The first-order valence-corrected chi connectivity index (χ1v) is 5.97. The van der Waals surface area contributed by atoms with Crippen molar-refractivity contribution in [2.24, 2.45) is 0 Å². The van der Waals surface area contributed by atoms with Gasteiger partial charge < -0.3 is 25.4 Å². The van der Waals surface area contributed by atoms with Crippen molar-refractivity contribution in [2.75, 3.05) is 0 Å². The summed E-state index contributed by atoms with van der Waals surface area (Å²) in [5.41, 5.74) is 0.768. The molecule has 0 spiro atoms. The van der Waals surface area contributed by atoms with Crippen LogP contribution in [0, 0.1) is 0 Å². The number of rotatable bonds is 6. The summed E-state index contributed by atoms with van der Waals surface area (Å²) in [6.45, 7) is 1.19. The number of hydrogen-bond donors (Lipinski definition) is 4. The number of aliphatic carboxylic acids is 2. The molecule has 8 heteroatoms. The summed E-state index contributed by atoms with van der Waals surface area (Å²) < 4.78 is 4.80. The number of carboxylic acids is 2. The van der Waals surface area contributed by atoms with Gasteiger partial charge in [0.1, 0.15) is 12.6 Å². The molecule has 1 aromatic rings.